The number of rotatable bonds is 1. The Morgan fingerprint density at radius 2 is 1.89 bits per heavy atom. The molecule has 4 aromatic rings. The fraction of sp³-hybridized carbons (Fsp3) is 0.464. The van der Waals surface area contributed by atoms with Crippen molar-refractivity contribution in [1.29, 1.82) is 0 Å². The van der Waals surface area contributed by atoms with Gasteiger partial charge < -0.3 is 14.6 Å². The van der Waals surface area contributed by atoms with Gasteiger partial charge in [0.1, 0.15) is 23.1 Å². The summed E-state index contributed by atoms with van der Waals surface area (Å²) in [5.41, 5.74) is 3.56. The first-order chi connectivity index (χ1) is 17.9. The van der Waals surface area contributed by atoms with Crippen molar-refractivity contribution in [3.63, 3.8) is 0 Å². The molecule has 2 aromatic heterocycles. The maximum atomic E-state index is 13.4. The SMILES string of the molecule is CC1CCN(c2cc3c4nc(c(=O)[nH]c4c2)-c2cccc4c(=O)n([nH]c24)CCN2CC(C[C@H]2C)O3)CC1. The number of hydrogen-bond donors (Lipinski definition) is 2. The van der Waals surface area contributed by atoms with Crippen molar-refractivity contribution in [2.24, 2.45) is 5.92 Å². The van der Waals surface area contributed by atoms with Gasteiger partial charge in [-0.1, -0.05) is 19.1 Å². The molecule has 192 valence electrons. The number of benzene rings is 2. The van der Waals surface area contributed by atoms with Gasteiger partial charge in [-0.25, -0.2) is 4.98 Å². The van der Waals surface area contributed by atoms with Gasteiger partial charge >= 0.3 is 0 Å². The summed E-state index contributed by atoms with van der Waals surface area (Å²) < 4.78 is 8.33. The Labute approximate surface area is 214 Å². The Morgan fingerprint density at radius 3 is 2.73 bits per heavy atom. The first-order valence-electron chi connectivity index (χ1n) is 13.4. The summed E-state index contributed by atoms with van der Waals surface area (Å²) in [6.45, 7) is 8.56. The average Bonchev–Trinajstić information content (AvgIpc) is 3.40. The van der Waals surface area contributed by atoms with Crippen LogP contribution in [0.5, 0.6) is 5.75 Å². The third-order valence-electron chi connectivity index (χ3n) is 8.51. The highest BCUT2D eigenvalue weighted by molar-refractivity contribution is 5.94. The molecule has 2 aromatic carbocycles. The second-order valence-electron chi connectivity index (χ2n) is 11.0. The quantitative estimate of drug-likeness (QED) is 0.416. The van der Waals surface area contributed by atoms with Crippen LogP contribution in [0.2, 0.25) is 0 Å². The highest BCUT2D eigenvalue weighted by Crippen LogP contribution is 2.35. The molecule has 2 unspecified atom stereocenters. The van der Waals surface area contributed by atoms with E-state index in [0.29, 0.717) is 45.8 Å². The lowest BCUT2D eigenvalue weighted by Crippen LogP contribution is -2.34. The van der Waals surface area contributed by atoms with Gasteiger partial charge in [0.2, 0.25) is 0 Å². The second kappa shape index (κ2) is 8.48. The topological polar surface area (TPSA) is 99.2 Å². The summed E-state index contributed by atoms with van der Waals surface area (Å²) in [6, 6.07) is 9.93. The maximum absolute atomic E-state index is 13.4. The van der Waals surface area contributed by atoms with Crippen molar-refractivity contribution in [3.8, 4) is 17.0 Å². The minimum Gasteiger partial charge on any atom is -0.487 e. The van der Waals surface area contributed by atoms with Crippen LogP contribution in [-0.4, -0.2) is 63.0 Å². The number of nitrogens with zero attached hydrogens (tertiary/aromatic N) is 4. The number of para-hydroxylation sites is 1. The predicted octanol–water partition coefficient (Wildman–Crippen LogP) is 3.32. The summed E-state index contributed by atoms with van der Waals surface area (Å²) in [5, 5.41) is 3.84. The number of ether oxygens (including phenoxy) is 1. The van der Waals surface area contributed by atoms with E-state index in [9.17, 15) is 9.59 Å². The molecule has 0 amide bonds. The molecule has 37 heavy (non-hydrogen) atoms. The summed E-state index contributed by atoms with van der Waals surface area (Å²) in [7, 11) is 0. The molecule has 9 heteroatoms. The number of hydrogen-bond acceptors (Lipinski definition) is 6. The summed E-state index contributed by atoms with van der Waals surface area (Å²) in [6.07, 6.45) is 3.21. The molecule has 2 fully saturated rings. The van der Waals surface area contributed by atoms with Gasteiger partial charge in [-0.2, -0.15) is 0 Å². The van der Waals surface area contributed by atoms with Crippen LogP contribution in [0.25, 0.3) is 33.2 Å². The van der Waals surface area contributed by atoms with Gasteiger partial charge in [-0.05, 0) is 37.8 Å². The maximum Gasteiger partial charge on any atom is 0.275 e. The van der Waals surface area contributed by atoms with Crippen LogP contribution in [0, 0.1) is 5.92 Å². The number of piperidine rings is 1. The van der Waals surface area contributed by atoms with Crippen molar-refractivity contribution >= 4 is 27.6 Å². The molecule has 5 heterocycles. The molecule has 0 spiro atoms. The predicted molar refractivity (Wildman–Crippen MR) is 145 cm³/mol. The minimum atomic E-state index is -0.281. The fourth-order valence-electron chi connectivity index (χ4n) is 6.26. The molecule has 3 aliphatic rings. The van der Waals surface area contributed by atoms with E-state index in [1.54, 1.807) is 10.7 Å². The molecule has 7 rings (SSSR count). The lowest BCUT2D eigenvalue weighted by atomic mass is 9.98. The largest absolute Gasteiger partial charge is 0.487 e. The van der Waals surface area contributed by atoms with Crippen LogP contribution in [0.1, 0.15) is 33.1 Å². The fourth-order valence-corrected chi connectivity index (χ4v) is 6.26. The van der Waals surface area contributed by atoms with Crippen LogP contribution in [0.15, 0.2) is 39.9 Å². The molecule has 2 saturated heterocycles. The lowest BCUT2D eigenvalue weighted by Gasteiger charge is -2.32. The highest BCUT2D eigenvalue weighted by atomic mass is 16.5. The Bertz CT molecular complexity index is 1630. The van der Waals surface area contributed by atoms with E-state index in [1.807, 2.05) is 18.2 Å². The summed E-state index contributed by atoms with van der Waals surface area (Å²) >= 11 is 0. The highest BCUT2D eigenvalue weighted by Gasteiger charge is 2.32. The van der Waals surface area contributed by atoms with Gasteiger partial charge in [0.25, 0.3) is 11.1 Å². The van der Waals surface area contributed by atoms with E-state index in [0.717, 1.165) is 57.0 Å². The molecule has 6 bridgehead atoms. The lowest BCUT2D eigenvalue weighted by molar-refractivity contribution is 0.195. The zero-order valence-electron chi connectivity index (χ0n) is 21.3. The van der Waals surface area contributed by atoms with Gasteiger partial charge in [0.15, 0.2) is 0 Å². The number of aromatic nitrogens is 4. The Morgan fingerprint density at radius 1 is 1.05 bits per heavy atom. The van der Waals surface area contributed by atoms with Crippen LogP contribution in [-0.2, 0) is 6.54 Å². The Balaban J connectivity index is 1.45. The van der Waals surface area contributed by atoms with Crippen LogP contribution >= 0.6 is 0 Å². The third kappa shape index (κ3) is 3.75. The number of fused-ring (bicyclic) bond motifs is 5. The molecule has 2 N–H and O–H groups in total. The summed E-state index contributed by atoms with van der Waals surface area (Å²) in [5.74, 6) is 1.43. The smallest absolute Gasteiger partial charge is 0.275 e. The molecule has 0 aliphatic carbocycles. The van der Waals surface area contributed by atoms with E-state index >= 15 is 0 Å². The van der Waals surface area contributed by atoms with Crippen LogP contribution < -0.4 is 20.8 Å². The van der Waals surface area contributed by atoms with Crippen molar-refractivity contribution in [2.75, 3.05) is 31.1 Å². The van der Waals surface area contributed by atoms with Crippen molar-refractivity contribution in [1.82, 2.24) is 24.6 Å². The first-order valence-corrected chi connectivity index (χ1v) is 13.4. The number of nitrogens with one attached hydrogen (secondary N) is 2. The minimum absolute atomic E-state index is 0.00814. The number of anilines is 1. The zero-order chi connectivity index (χ0) is 25.3. The molecule has 3 aliphatic heterocycles. The van der Waals surface area contributed by atoms with Crippen molar-refractivity contribution < 1.29 is 4.74 Å². The molecule has 0 saturated carbocycles. The standard InChI is InChI=1S/C28H32N6O3/c1-16-6-8-32(9-7-16)18-13-22-26-23(14-18)37-19-12-17(2)33(15-19)10-11-34-28(36)21-5-3-4-20(24(21)31-34)25(30-26)27(35)29-22/h3-5,13-14,16-17,19,31H,6-12,15H2,1-2H3,(H,29,35)/t17-,19?/m1/s1. The van der Waals surface area contributed by atoms with E-state index in [4.69, 9.17) is 9.72 Å². The molecule has 0 radical (unpaired) electrons. The van der Waals surface area contributed by atoms with Crippen LogP contribution in [0.3, 0.4) is 0 Å². The first kappa shape index (κ1) is 22.6. The van der Waals surface area contributed by atoms with Gasteiger partial charge in [-0.3, -0.25) is 24.3 Å². The monoisotopic (exact) mass is 500 g/mol. The Hall–Kier alpha value is -3.59. The molecular formula is C28H32N6O3. The van der Waals surface area contributed by atoms with E-state index in [-0.39, 0.29) is 22.9 Å². The van der Waals surface area contributed by atoms with Crippen molar-refractivity contribution in [2.45, 2.75) is 51.8 Å². The van der Waals surface area contributed by atoms with E-state index < -0.39 is 0 Å². The molecular weight excluding hydrogens is 468 g/mol. The Kier molecular flexibility index (Phi) is 5.18. The van der Waals surface area contributed by atoms with E-state index in [1.165, 1.54) is 0 Å². The molecule has 3 atom stereocenters. The summed E-state index contributed by atoms with van der Waals surface area (Å²) in [4.78, 5) is 39.3. The number of aromatic amines is 2. The van der Waals surface area contributed by atoms with Crippen molar-refractivity contribution in [3.05, 3.63) is 51.0 Å². The molecule has 9 nitrogen and oxygen atoms in total. The second-order valence-corrected chi connectivity index (χ2v) is 11.0. The van der Waals surface area contributed by atoms with Gasteiger partial charge in [0, 0.05) is 56.0 Å². The third-order valence-corrected chi connectivity index (χ3v) is 8.51. The van der Waals surface area contributed by atoms with Gasteiger partial charge in [0.05, 0.1) is 23.0 Å². The number of H-pyrrole nitrogens is 2. The van der Waals surface area contributed by atoms with E-state index in [2.05, 4.69) is 39.8 Å². The van der Waals surface area contributed by atoms with Crippen LogP contribution in [0.4, 0.5) is 5.69 Å². The van der Waals surface area contributed by atoms with Gasteiger partial charge in [-0.15, -0.1) is 0 Å². The average molecular weight is 501 g/mol. The zero-order valence-corrected chi connectivity index (χ0v) is 21.3. The normalized spacial score (nSPS) is 24.2.